The number of halogens is 1. The van der Waals surface area contributed by atoms with E-state index in [4.69, 9.17) is 4.74 Å². The van der Waals surface area contributed by atoms with Crippen LogP contribution in [-0.4, -0.2) is 19.4 Å². The van der Waals surface area contributed by atoms with E-state index in [0.29, 0.717) is 12.5 Å². The van der Waals surface area contributed by atoms with Crippen molar-refractivity contribution in [3.05, 3.63) is 12.2 Å². The first kappa shape index (κ1) is 17.0. The van der Waals surface area contributed by atoms with E-state index in [-0.39, 0.29) is 6.67 Å². The Kier molecular flexibility index (Phi) is 7.77. The van der Waals surface area contributed by atoms with Gasteiger partial charge in [0.15, 0.2) is 0 Å². The maximum atomic E-state index is 12.1. The minimum Gasteiger partial charge on any atom is -0.378 e. The Morgan fingerprint density at radius 3 is 2.14 bits per heavy atom. The van der Waals surface area contributed by atoms with Crippen LogP contribution in [0.4, 0.5) is 4.39 Å². The predicted octanol–water partition coefficient (Wildman–Crippen LogP) is 5.69. The van der Waals surface area contributed by atoms with Crippen molar-refractivity contribution in [2.75, 3.05) is 13.3 Å². The minimum absolute atomic E-state index is 0.213. The molecule has 0 aliphatic heterocycles. The summed E-state index contributed by atoms with van der Waals surface area (Å²) in [5, 5.41) is 0. The fraction of sp³-hybridized carbons (Fsp3) is 0.895. The highest BCUT2D eigenvalue weighted by Gasteiger charge is 2.30. The Labute approximate surface area is 130 Å². The molecule has 0 amide bonds. The first-order valence-corrected chi connectivity index (χ1v) is 9.17. The minimum atomic E-state index is -0.213. The van der Waals surface area contributed by atoms with Crippen LogP contribution in [0.3, 0.4) is 0 Å². The predicted molar refractivity (Wildman–Crippen MR) is 87.2 cm³/mol. The molecule has 0 spiro atoms. The van der Waals surface area contributed by atoms with Gasteiger partial charge in [-0.05, 0) is 82.0 Å². The summed E-state index contributed by atoms with van der Waals surface area (Å²) in [5.41, 5.74) is 0. The maximum Gasteiger partial charge on any atom is 0.0928 e. The SMILES string of the molecule is CCCO[C@H]1CC[C@H](C2CCC(/C=C/CCF)CC2)CC1. The molecule has 0 heterocycles. The smallest absolute Gasteiger partial charge is 0.0928 e. The Balaban J connectivity index is 1.64. The molecular formula is C19H33FO. The van der Waals surface area contributed by atoms with Gasteiger partial charge in [0.1, 0.15) is 0 Å². The van der Waals surface area contributed by atoms with Crippen LogP contribution in [-0.2, 0) is 4.74 Å². The standard InChI is InChI=1S/C19H33FO/c1-2-15-21-19-12-10-18(11-13-19)17-8-6-16(7-9-17)5-3-4-14-20/h3,5,16-19H,2,4,6-15H2,1H3/b5-3+/t16?,17?,18-,19-. The summed E-state index contributed by atoms with van der Waals surface area (Å²) in [4.78, 5) is 0. The van der Waals surface area contributed by atoms with Crippen molar-refractivity contribution in [2.24, 2.45) is 17.8 Å². The van der Waals surface area contributed by atoms with Crippen LogP contribution < -0.4 is 0 Å². The zero-order chi connectivity index (χ0) is 14.9. The van der Waals surface area contributed by atoms with Gasteiger partial charge in [-0.25, -0.2) is 0 Å². The van der Waals surface area contributed by atoms with Gasteiger partial charge in [0, 0.05) is 6.61 Å². The van der Waals surface area contributed by atoms with E-state index >= 15 is 0 Å². The first-order valence-electron chi connectivity index (χ1n) is 9.17. The van der Waals surface area contributed by atoms with E-state index in [1.54, 1.807) is 0 Å². The molecule has 2 heteroatoms. The molecule has 0 radical (unpaired) electrons. The summed E-state index contributed by atoms with van der Waals surface area (Å²) < 4.78 is 18.0. The average Bonchev–Trinajstić information content (AvgIpc) is 2.54. The van der Waals surface area contributed by atoms with Crippen LogP contribution >= 0.6 is 0 Å². The number of allylic oxidation sites excluding steroid dienone is 2. The molecule has 2 rings (SSSR count). The van der Waals surface area contributed by atoms with Crippen LogP contribution in [0.2, 0.25) is 0 Å². The highest BCUT2D eigenvalue weighted by Crippen LogP contribution is 2.40. The fourth-order valence-electron chi connectivity index (χ4n) is 4.17. The van der Waals surface area contributed by atoms with Gasteiger partial charge >= 0.3 is 0 Å². The van der Waals surface area contributed by atoms with Crippen LogP contribution in [0.25, 0.3) is 0 Å². The van der Waals surface area contributed by atoms with Crippen molar-refractivity contribution >= 4 is 0 Å². The molecule has 122 valence electrons. The van der Waals surface area contributed by atoms with Crippen LogP contribution in [0.15, 0.2) is 12.2 Å². The number of alkyl halides is 1. The lowest BCUT2D eigenvalue weighted by atomic mass is 9.70. The van der Waals surface area contributed by atoms with E-state index in [1.807, 2.05) is 6.08 Å². The fourth-order valence-corrected chi connectivity index (χ4v) is 4.17. The van der Waals surface area contributed by atoms with E-state index in [1.165, 1.54) is 51.4 Å². The second-order valence-electron chi connectivity index (χ2n) is 6.99. The Morgan fingerprint density at radius 2 is 1.57 bits per heavy atom. The van der Waals surface area contributed by atoms with Crippen molar-refractivity contribution in [3.63, 3.8) is 0 Å². The lowest BCUT2D eigenvalue weighted by molar-refractivity contribution is 0.00796. The van der Waals surface area contributed by atoms with E-state index in [2.05, 4.69) is 13.0 Å². The molecule has 0 aromatic rings. The molecule has 0 atom stereocenters. The molecule has 0 unspecified atom stereocenters. The van der Waals surface area contributed by atoms with Crippen molar-refractivity contribution in [1.82, 2.24) is 0 Å². The zero-order valence-corrected chi connectivity index (χ0v) is 13.7. The van der Waals surface area contributed by atoms with Gasteiger partial charge in [-0.1, -0.05) is 19.1 Å². The lowest BCUT2D eigenvalue weighted by Gasteiger charge is -2.37. The van der Waals surface area contributed by atoms with Gasteiger partial charge in [-0.2, -0.15) is 0 Å². The summed E-state index contributed by atoms with van der Waals surface area (Å²) in [6.45, 7) is 2.91. The summed E-state index contributed by atoms with van der Waals surface area (Å²) in [7, 11) is 0. The van der Waals surface area contributed by atoms with Crippen LogP contribution in [0.1, 0.15) is 71.1 Å². The van der Waals surface area contributed by atoms with Gasteiger partial charge in [0.25, 0.3) is 0 Å². The Bertz CT molecular complexity index is 286. The van der Waals surface area contributed by atoms with Gasteiger partial charge in [0.2, 0.25) is 0 Å². The molecule has 1 nitrogen and oxygen atoms in total. The maximum absolute atomic E-state index is 12.1. The summed E-state index contributed by atoms with van der Waals surface area (Å²) in [6, 6.07) is 0. The lowest BCUT2D eigenvalue weighted by Crippen LogP contribution is -2.28. The van der Waals surface area contributed by atoms with E-state index in [9.17, 15) is 4.39 Å². The highest BCUT2D eigenvalue weighted by atomic mass is 19.1. The van der Waals surface area contributed by atoms with Crippen LogP contribution in [0, 0.1) is 17.8 Å². The largest absolute Gasteiger partial charge is 0.378 e. The van der Waals surface area contributed by atoms with Gasteiger partial charge < -0.3 is 4.74 Å². The monoisotopic (exact) mass is 296 g/mol. The second kappa shape index (κ2) is 9.61. The molecular weight excluding hydrogens is 263 g/mol. The molecule has 2 aliphatic rings. The normalized spacial score (nSPS) is 34.4. The summed E-state index contributed by atoms with van der Waals surface area (Å²) in [5.74, 6) is 2.61. The topological polar surface area (TPSA) is 9.23 Å². The van der Waals surface area contributed by atoms with Crippen molar-refractivity contribution in [3.8, 4) is 0 Å². The third kappa shape index (κ3) is 5.73. The van der Waals surface area contributed by atoms with Gasteiger partial charge in [-0.15, -0.1) is 0 Å². The molecule has 0 N–H and O–H groups in total. The quantitative estimate of drug-likeness (QED) is 0.548. The number of hydrogen-bond donors (Lipinski definition) is 0. The number of hydrogen-bond acceptors (Lipinski definition) is 1. The van der Waals surface area contributed by atoms with E-state index in [0.717, 1.165) is 30.8 Å². The molecule has 0 aromatic carbocycles. The number of rotatable bonds is 7. The third-order valence-electron chi connectivity index (χ3n) is 5.44. The molecule has 2 aliphatic carbocycles. The van der Waals surface area contributed by atoms with Gasteiger partial charge in [0.05, 0.1) is 12.8 Å². The molecule has 0 saturated heterocycles. The zero-order valence-electron chi connectivity index (χ0n) is 13.7. The highest BCUT2D eigenvalue weighted by molar-refractivity contribution is 4.92. The second-order valence-corrected chi connectivity index (χ2v) is 6.99. The molecule has 21 heavy (non-hydrogen) atoms. The van der Waals surface area contributed by atoms with Crippen molar-refractivity contribution < 1.29 is 9.13 Å². The third-order valence-corrected chi connectivity index (χ3v) is 5.44. The molecule has 2 fully saturated rings. The number of ether oxygens (including phenoxy) is 1. The van der Waals surface area contributed by atoms with E-state index < -0.39 is 0 Å². The summed E-state index contributed by atoms with van der Waals surface area (Å²) in [6.07, 6.45) is 17.3. The van der Waals surface area contributed by atoms with Crippen molar-refractivity contribution in [2.45, 2.75) is 77.2 Å². The molecule has 2 saturated carbocycles. The molecule has 0 bridgehead atoms. The average molecular weight is 296 g/mol. The molecule has 0 aromatic heterocycles. The van der Waals surface area contributed by atoms with Crippen LogP contribution in [0.5, 0.6) is 0 Å². The Morgan fingerprint density at radius 1 is 0.952 bits per heavy atom. The first-order chi connectivity index (χ1) is 10.3. The van der Waals surface area contributed by atoms with Crippen molar-refractivity contribution in [1.29, 1.82) is 0 Å². The summed E-state index contributed by atoms with van der Waals surface area (Å²) >= 11 is 0. The van der Waals surface area contributed by atoms with Gasteiger partial charge in [-0.3, -0.25) is 4.39 Å². The Hall–Kier alpha value is -0.370.